The van der Waals surface area contributed by atoms with Crippen molar-refractivity contribution >= 4 is 24.8 Å². The van der Waals surface area contributed by atoms with Gasteiger partial charge in [0, 0.05) is 37.8 Å². The van der Waals surface area contributed by atoms with Crippen molar-refractivity contribution in [1.29, 1.82) is 0 Å². The van der Waals surface area contributed by atoms with E-state index in [0.717, 1.165) is 38.2 Å². The summed E-state index contributed by atoms with van der Waals surface area (Å²) in [5.41, 5.74) is 1.69. The average molecular weight is 337 g/mol. The first kappa shape index (κ1) is 20.2. The van der Waals surface area contributed by atoms with Crippen molar-refractivity contribution < 1.29 is 9.50 Å². The van der Waals surface area contributed by atoms with E-state index in [4.69, 9.17) is 0 Å². The highest BCUT2D eigenvalue weighted by Crippen LogP contribution is 2.34. The highest BCUT2D eigenvalue weighted by molar-refractivity contribution is 5.85. The number of halogens is 3. The van der Waals surface area contributed by atoms with Crippen LogP contribution in [0.3, 0.4) is 0 Å². The van der Waals surface area contributed by atoms with Gasteiger partial charge in [0.1, 0.15) is 0 Å². The number of benzene rings is 1. The van der Waals surface area contributed by atoms with Crippen molar-refractivity contribution in [2.45, 2.75) is 19.4 Å². The minimum Gasteiger partial charge on any atom is -0.505 e. The molecule has 0 radical (unpaired) electrons. The number of phenolic OH excluding ortho intramolecular Hbond substituents is 1. The molecule has 0 aliphatic carbocycles. The summed E-state index contributed by atoms with van der Waals surface area (Å²) in [4.78, 5) is 2.28. The molecule has 1 atom stereocenters. The molecular weight excluding hydrogens is 314 g/mol. The molecule has 0 unspecified atom stereocenters. The molecule has 0 amide bonds. The van der Waals surface area contributed by atoms with Crippen molar-refractivity contribution in [3.63, 3.8) is 0 Å². The minimum absolute atomic E-state index is 0. The van der Waals surface area contributed by atoms with Crippen LogP contribution >= 0.6 is 24.8 Å². The maximum absolute atomic E-state index is 13.5. The van der Waals surface area contributed by atoms with Gasteiger partial charge < -0.3 is 10.4 Å². The molecule has 1 saturated heterocycles. The maximum Gasteiger partial charge on any atom is 0.165 e. The Morgan fingerprint density at radius 1 is 1.38 bits per heavy atom. The van der Waals surface area contributed by atoms with Crippen molar-refractivity contribution in [3.8, 4) is 5.75 Å². The van der Waals surface area contributed by atoms with Gasteiger partial charge in [-0.2, -0.15) is 0 Å². The lowest BCUT2D eigenvalue weighted by atomic mass is 9.97. The summed E-state index contributed by atoms with van der Waals surface area (Å²) >= 11 is 0. The summed E-state index contributed by atoms with van der Waals surface area (Å²) < 4.78 is 13.5. The zero-order valence-corrected chi connectivity index (χ0v) is 13.8. The summed E-state index contributed by atoms with van der Waals surface area (Å²) in [7, 11) is 0. The maximum atomic E-state index is 13.5. The lowest BCUT2D eigenvalue weighted by Crippen LogP contribution is -2.45. The van der Waals surface area contributed by atoms with Crippen LogP contribution in [0, 0.1) is 5.82 Å². The molecule has 0 spiro atoms. The SMILES string of the molecule is C=C(C)C[C@@H](c1cccc(F)c1O)N1CCNCC1.Cl.Cl. The largest absolute Gasteiger partial charge is 0.505 e. The number of rotatable bonds is 4. The minimum atomic E-state index is -0.556. The van der Waals surface area contributed by atoms with Crippen LogP contribution in [0.2, 0.25) is 0 Å². The summed E-state index contributed by atoms with van der Waals surface area (Å²) in [5.74, 6) is -0.786. The van der Waals surface area contributed by atoms with E-state index in [1.165, 1.54) is 6.07 Å². The lowest BCUT2D eigenvalue weighted by molar-refractivity contribution is 0.169. The van der Waals surface area contributed by atoms with Crippen LogP contribution in [-0.4, -0.2) is 36.2 Å². The van der Waals surface area contributed by atoms with Crippen molar-refractivity contribution in [2.24, 2.45) is 0 Å². The second kappa shape index (κ2) is 9.26. The van der Waals surface area contributed by atoms with E-state index in [2.05, 4.69) is 16.8 Å². The summed E-state index contributed by atoms with van der Waals surface area (Å²) in [5, 5.41) is 13.3. The van der Waals surface area contributed by atoms with Gasteiger partial charge in [0.2, 0.25) is 0 Å². The molecule has 21 heavy (non-hydrogen) atoms. The predicted molar refractivity (Wildman–Crippen MR) is 89.2 cm³/mol. The lowest BCUT2D eigenvalue weighted by Gasteiger charge is -2.35. The molecule has 1 aromatic rings. The van der Waals surface area contributed by atoms with Gasteiger partial charge in [-0.25, -0.2) is 4.39 Å². The third-order valence-electron chi connectivity index (χ3n) is 3.51. The molecule has 1 fully saturated rings. The van der Waals surface area contributed by atoms with Crippen LogP contribution in [0.15, 0.2) is 30.4 Å². The molecule has 0 aromatic heterocycles. The average Bonchev–Trinajstić information content (AvgIpc) is 2.40. The van der Waals surface area contributed by atoms with Crippen LogP contribution in [-0.2, 0) is 0 Å². The molecular formula is C15H23Cl2FN2O. The van der Waals surface area contributed by atoms with E-state index >= 15 is 0 Å². The molecule has 1 aromatic carbocycles. The molecule has 0 saturated carbocycles. The molecule has 2 rings (SSSR count). The Morgan fingerprint density at radius 3 is 2.57 bits per heavy atom. The fourth-order valence-electron chi connectivity index (χ4n) is 2.56. The number of piperazine rings is 1. The van der Waals surface area contributed by atoms with Gasteiger partial charge in [-0.3, -0.25) is 4.90 Å². The predicted octanol–water partition coefficient (Wildman–Crippen LogP) is 3.29. The van der Waals surface area contributed by atoms with E-state index < -0.39 is 5.82 Å². The molecule has 0 bridgehead atoms. The third-order valence-corrected chi connectivity index (χ3v) is 3.51. The number of phenols is 1. The Morgan fingerprint density at radius 2 is 2.00 bits per heavy atom. The van der Waals surface area contributed by atoms with Crippen molar-refractivity contribution in [2.75, 3.05) is 26.2 Å². The Kier molecular flexibility index (Phi) is 8.90. The van der Waals surface area contributed by atoms with Gasteiger partial charge in [-0.15, -0.1) is 31.4 Å². The molecule has 1 aliphatic rings. The Hall–Kier alpha value is -0.810. The van der Waals surface area contributed by atoms with Crippen LogP contribution in [0.25, 0.3) is 0 Å². The van der Waals surface area contributed by atoms with Gasteiger partial charge >= 0.3 is 0 Å². The number of nitrogens with zero attached hydrogens (tertiary/aromatic N) is 1. The first-order chi connectivity index (χ1) is 9.09. The highest BCUT2D eigenvalue weighted by Gasteiger charge is 2.25. The fraction of sp³-hybridized carbons (Fsp3) is 0.467. The van der Waals surface area contributed by atoms with Gasteiger partial charge in [-0.05, 0) is 19.4 Å². The van der Waals surface area contributed by atoms with E-state index in [-0.39, 0.29) is 36.6 Å². The van der Waals surface area contributed by atoms with Gasteiger partial charge in [0.15, 0.2) is 11.6 Å². The normalized spacial score (nSPS) is 16.5. The number of nitrogens with one attached hydrogen (secondary N) is 1. The molecule has 120 valence electrons. The number of hydrogen-bond donors (Lipinski definition) is 2. The molecule has 1 heterocycles. The standard InChI is InChI=1S/C15H21FN2O.2ClH/c1-11(2)10-14(18-8-6-17-7-9-18)12-4-3-5-13(16)15(12)19;;/h3-5,14,17,19H,1,6-10H2,2H3;2*1H/t14-;;/m0../s1. The van der Waals surface area contributed by atoms with E-state index in [1.807, 2.05) is 6.92 Å². The zero-order chi connectivity index (χ0) is 13.8. The van der Waals surface area contributed by atoms with Crippen LogP contribution in [0.5, 0.6) is 5.75 Å². The van der Waals surface area contributed by atoms with Gasteiger partial charge in [0.05, 0.1) is 0 Å². The molecule has 6 heteroatoms. The second-order valence-corrected chi connectivity index (χ2v) is 5.14. The first-order valence-electron chi connectivity index (χ1n) is 6.66. The van der Waals surface area contributed by atoms with Crippen molar-refractivity contribution in [1.82, 2.24) is 10.2 Å². The monoisotopic (exact) mass is 336 g/mol. The topological polar surface area (TPSA) is 35.5 Å². The smallest absolute Gasteiger partial charge is 0.165 e. The summed E-state index contributed by atoms with van der Waals surface area (Å²) in [6, 6.07) is 4.73. The highest BCUT2D eigenvalue weighted by atomic mass is 35.5. The zero-order valence-electron chi connectivity index (χ0n) is 12.1. The fourth-order valence-corrected chi connectivity index (χ4v) is 2.56. The Balaban J connectivity index is 0.00000200. The van der Waals surface area contributed by atoms with E-state index in [9.17, 15) is 9.50 Å². The second-order valence-electron chi connectivity index (χ2n) is 5.14. The van der Waals surface area contributed by atoms with Crippen LogP contribution in [0.1, 0.15) is 24.9 Å². The number of hydrogen-bond acceptors (Lipinski definition) is 3. The number of aromatic hydroxyl groups is 1. The van der Waals surface area contributed by atoms with E-state index in [0.29, 0.717) is 5.56 Å². The van der Waals surface area contributed by atoms with Crippen LogP contribution in [0.4, 0.5) is 4.39 Å². The molecule has 2 N–H and O–H groups in total. The Bertz CT molecular complexity index is 465. The summed E-state index contributed by atoms with van der Waals surface area (Å²) in [6.45, 7) is 9.55. The van der Waals surface area contributed by atoms with Crippen LogP contribution < -0.4 is 5.32 Å². The van der Waals surface area contributed by atoms with Gasteiger partial charge in [0.25, 0.3) is 0 Å². The Labute approximate surface area is 138 Å². The van der Waals surface area contributed by atoms with Gasteiger partial charge in [-0.1, -0.05) is 17.7 Å². The molecule has 3 nitrogen and oxygen atoms in total. The molecule has 1 aliphatic heterocycles. The quantitative estimate of drug-likeness (QED) is 0.828. The first-order valence-corrected chi connectivity index (χ1v) is 6.66. The number of para-hydroxylation sites is 1. The third kappa shape index (κ3) is 5.15. The van der Waals surface area contributed by atoms with Crippen molar-refractivity contribution in [3.05, 3.63) is 41.7 Å². The van der Waals surface area contributed by atoms with E-state index in [1.54, 1.807) is 12.1 Å². The summed E-state index contributed by atoms with van der Waals surface area (Å²) in [6.07, 6.45) is 0.733.